The molecule has 5 nitrogen and oxygen atoms in total. The van der Waals surface area contributed by atoms with Crippen molar-refractivity contribution in [2.24, 2.45) is 17.3 Å². The molecule has 0 bridgehead atoms. The minimum atomic E-state index is -0.348. The lowest BCUT2D eigenvalue weighted by molar-refractivity contribution is -0.273. The monoisotopic (exact) mass is 414 g/mol. The molecule has 1 aromatic carbocycles. The SMILES string of the molecule is COOCCC[C@H]1C(=C(C)C)CC[C@H](C)[C@]1(C)COc1ccc2ccc(=O)oc2c1. The Kier molecular flexibility index (Phi) is 7.37. The summed E-state index contributed by atoms with van der Waals surface area (Å²) in [5.74, 6) is 1.70. The van der Waals surface area contributed by atoms with Crippen LogP contribution in [-0.2, 0) is 9.78 Å². The predicted octanol–water partition coefficient (Wildman–Crippen LogP) is 5.92. The number of rotatable bonds is 8. The van der Waals surface area contributed by atoms with Crippen molar-refractivity contribution in [2.75, 3.05) is 20.3 Å². The van der Waals surface area contributed by atoms with Gasteiger partial charge in [-0.2, -0.15) is 0 Å². The molecular formula is C25H34O5. The maximum atomic E-state index is 11.6. The third-order valence-electron chi connectivity index (χ3n) is 6.81. The molecular weight excluding hydrogens is 380 g/mol. The van der Waals surface area contributed by atoms with E-state index in [9.17, 15) is 4.79 Å². The summed E-state index contributed by atoms with van der Waals surface area (Å²) in [5.41, 5.74) is 3.18. The average molecular weight is 415 g/mol. The fraction of sp³-hybridized carbons (Fsp3) is 0.560. The van der Waals surface area contributed by atoms with Crippen LogP contribution in [0.15, 0.2) is 50.7 Å². The van der Waals surface area contributed by atoms with E-state index in [2.05, 4.69) is 27.7 Å². The van der Waals surface area contributed by atoms with Gasteiger partial charge in [0.15, 0.2) is 0 Å². The van der Waals surface area contributed by atoms with Crippen molar-refractivity contribution in [1.29, 1.82) is 0 Å². The van der Waals surface area contributed by atoms with Crippen molar-refractivity contribution in [2.45, 2.75) is 53.4 Å². The lowest BCUT2D eigenvalue weighted by Crippen LogP contribution is -2.44. The van der Waals surface area contributed by atoms with Crippen molar-refractivity contribution in [3.63, 3.8) is 0 Å². The van der Waals surface area contributed by atoms with Crippen molar-refractivity contribution < 1.29 is 18.9 Å². The third-order valence-corrected chi connectivity index (χ3v) is 6.81. The van der Waals surface area contributed by atoms with E-state index in [1.807, 2.05) is 18.2 Å². The molecule has 1 aliphatic carbocycles. The molecule has 0 saturated heterocycles. The van der Waals surface area contributed by atoms with Gasteiger partial charge in [0, 0.05) is 22.9 Å². The Morgan fingerprint density at radius 2 is 2.00 bits per heavy atom. The molecule has 0 spiro atoms. The van der Waals surface area contributed by atoms with E-state index in [1.165, 1.54) is 11.6 Å². The van der Waals surface area contributed by atoms with Crippen LogP contribution >= 0.6 is 0 Å². The lowest BCUT2D eigenvalue weighted by atomic mass is 9.58. The first-order chi connectivity index (χ1) is 14.3. The van der Waals surface area contributed by atoms with Crippen molar-refractivity contribution >= 4 is 11.0 Å². The van der Waals surface area contributed by atoms with Crippen LogP contribution in [0.4, 0.5) is 0 Å². The average Bonchev–Trinajstić information content (AvgIpc) is 2.72. The van der Waals surface area contributed by atoms with E-state index in [1.54, 1.807) is 18.7 Å². The zero-order chi connectivity index (χ0) is 21.7. The standard InChI is InChI=1S/C25H34O5/c1-17(2)21-12-8-18(3)25(4,22(21)7-6-14-29-27-5)16-28-20-11-9-19-10-13-24(26)30-23(19)15-20/h9-11,13,15,18,22H,6-8,12,14,16H2,1-5H3/t18-,22-,25-/m0/s1. The summed E-state index contributed by atoms with van der Waals surface area (Å²) >= 11 is 0. The minimum Gasteiger partial charge on any atom is -0.493 e. The summed E-state index contributed by atoms with van der Waals surface area (Å²) in [6.45, 7) is 10.3. The van der Waals surface area contributed by atoms with E-state index in [0.29, 0.717) is 30.6 Å². The number of fused-ring (bicyclic) bond motifs is 1. The molecule has 0 N–H and O–H groups in total. The molecule has 1 saturated carbocycles. The highest BCUT2D eigenvalue weighted by molar-refractivity contribution is 5.77. The molecule has 0 radical (unpaired) electrons. The molecule has 5 heteroatoms. The maximum Gasteiger partial charge on any atom is 0.336 e. The topological polar surface area (TPSA) is 57.9 Å². The van der Waals surface area contributed by atoms with Gasteiger partial charge in [-0.05, 0) is 69.6 Å². The molecule has 1 heterocycles. The van der Waals surface area contributed by atoms with Crippen LogP contribution in [-0.4, -0.2) is 20.3 Å². The van der Waals surface area contributed by atoms with Gasteiger partial charge in [-0.1, -0.05) is 25.0 Å². The molecule has 0 amide bonds. The summed E-state index contributed by atoms with van der Waals surface area (Å²) in [5, 5.41) is 0.891. The number of allylic oxidation sites excluding steroid dienone is 2. The lowest BCUT2D eigenvalue weighted by Gasteiger charge is -2.48. The number of benzene rings is 1. The van der Waals surface area contributed by atoms with Crippen LogP contribution in [0.3, 0.4) is 0 Å². The largest absolute Gasteiger partial charge is 0.493 e. The second-order valence-electron chi connectivity index (χ2n) is 8.90. The van der Waals surface area contributed by atoms with Gasteiger partial charge in [0.2, 0.25) is 0 Å². The Balaban J connectivity index is 1.82. The number of hydrogen-bond acceptors (Lipinski definition) is 5. The van der Waals surface area contributed by atoms with Gasteiger partial charge >= 0.3 is 5.63 Å². The van der Waals surface area contributed by atoms with Crippen LogP contribution in [0.1, 0.15) is 53.4 Å². The number of hydrogen-bond donors (Lipinski definition) is 0. The van der Waals surface area contributed by atoms with Gasteiger partial charge in [0.25, 0.3) is 0 Å². The van der Waals surface area contributed by atoms with Crippen molar-refractivity contribution in [1.82, 2.24) is 0 Å². The fourth-order valence-corrected chi connectivity index (χ4v) is 4.76. The molecule has 3 rings (SSSR count). The minimum absolute atomic E-state index is 0.00437. The first-order valence-corrected chi connectivity index (χ1v) is 10.8. The highest BCUT2D eigenvalue weighted by Gasteiger charge is 2.44. The molecule has 0 unspecified atom stereocenters. The molecule has 1 aromatic heterocycles. The molecule has 30 heavy (non-hydrogen) atoms. The van der Waals surface area contributed by atoms with E-state index in [-0.39, 0.29) is 11.0 Å². The first-order valence-electron chi connectivity index (χ1n) is 10.8. The van der Waals surface area contributed by atoms with Gasteiger partial charge in [-0.3, -0.25) is 0 Å². The molecule has 1 fully saturated rings. The van der Waals surface area contributed by atoms with Crippen molar-refractivity contribution in [3.8, 4) is 5.75 Å². The summed E-state index contributed by atoms with van der Waals surface area (Å²) < 4.78 is 11.6. The smallest absolute Gasteiger partial charge is 0.336 e. The van der Waals surface area contributed by atoms with E-state index < -0.39 is 0 Å². The molecule has 0 aliphatic heterocycles. The highest BCUT2D eigenvalue weighted by atomic mass is 17.2. The van der Waals surface area contributed by atoms with Crippen LogP contribution in [0.5, 0.6) is 5.75 Å². The Hall–Kier alpha value is -2.11. The summed E-state index contributed by atoms with van der Waals surface area (Å²) in [4.78, 5) is 21.4. The normalized spacial score (nSPS) is 24.2. The molecule has 1 aliphatic rings. The quantitative estimate of drug-likeness (QED) is 0.176. The van der Waals surface area contributed by atoms with Gasteiger partial charge in [-0.15, -0.1) is 0 Å². The second-order valence-corrected chi connectivity index (χ2v) is 8.90. The van der Waals surface area contributed by atoms with Crippen molar-refractivity contribution in [3.05, 3.63) is 51.9 Å². The summed E-state index contributed by atoms with van der Waals surface area (Å²) in [6, 6.07) is 8.90. The third kappa shape index (κ3) is 4.96. The van der Waals surface area contributed by atoms with E-state index >= 15 is 0 Å². The Labute approximate surface area is 178 Å². The Bertz CT molecular complexity index is 940. The molecule has 2 aromatic rings. The maximum absolute atomic E-state index is 11.6. The van der Waals surface area contributed by atoms with E-state index in [4.69, 9.17) is 18.9 Å². The second kappa shape index (κ2) is 9.80. The predicted molar refractivity (Wildman–Crippen MR) is 119 cm³/mol. The summed E-state index contributed by atoms with van der Waals surface area (Å²) in [7, 11) is 1.55. The van der Waals surface area contributed by atoms with Crippen LogP contribution in [0, 0.1) is 17.3 Å². The van der Waals surface area contributed by atoms with Crippen LogP contribution in [0.2, 0.25) is 0 Å². The molecule has 3 atom stereocenters. The summed E-state index contributed by atoms with van der Waals surface area (Å²) in [6.07, 6.45) is 4.30. The zero-order valence-electron chi connectivity index (χ0n) is 18.8. The van der Waals surface area contributed by atoms with Gasteiger partial charge in [0.1, 0.15) is 11.3 Å². The van der Waals surface area contributed by atoms with Crippen LogP contribution < -0.4 is 10.4 Å². The Morgan fingerprint density at radius 3 is 2.73 bits per heavy atom. The Morgan fingerprint density at radius 1 is 1.23 bits per heavy atom. The highest BCUT2D eigenvalue weighted by Crippen LogP contribution is 2.51. The van der Waals surface area contributed by atoms with E-state index in [0.717, 1.165) is 36.8 Å². The molecule has 164 valence electrons. The van der Waals surface area contributed by atoms with Crippen LogP contribution in [0.25, 0.3) is 11.0 Å². The first kappa shape index (κ1) is 22.6. The van der Waals surface area contributed by atoms with Gasteiger partial charge in [0.05, 0.1) is 20.3 Å². The number of ether oxygens (including phenoxy) is 1. The fourth-order valence-electron chi connectivity index (χ4n) is 4.76. The zero-order valence-corrected chi connectivity index (χ0v) is 18.8. The van der Waals surface area contributed by atoms with Gasteiger partial charge < -0.3 is 9.15 Å². The van der Waals surface area contributed by atoms with Gasteiger partial charge in [-0.25, -0.2) is 14.6 Å².